The van der Waals surface area contributed by atoms with Gasteiger partial charge in [0.05, 0.1) is 0 Å². The molecule has 0 saturated heterocycles. The van der Waals surface area contributed by atoms with Crippen LogP contribution < -0.4 is 11.5 Å². The number of Topliss-reactive ketones (excluding diaryl/α,β-unsaturated/α-hetero) is 1. The highest BCUT2D eigenvalue weighted by molar-refractivity contribution is 6.20. The Labute approximate surface area is 282 Å². The summed E-state index contributed by atoms with van der Waals surface area (Å²) in [6.45, 7) is -0.514. The van der Waals surface area contributed by atoms with Gasteiger partial charge in [-0.3, -0.25) is 9.59 Å². The van der Waals surface area contributed by atoms with E-state index in [0.29, 0.717) is 0 Å². The van der Waals surface area contributed by atoms with Gasteiger partial charge in [-0.15, -0.1) is 0 Å². The predicted molar refractivity (Wildman–Crippen MR) is 183 cm³/mol. The number of carbonyl (C=O) groups is 4. The van der Waals surface area contributed by atoms with E-state index in [4.69, 9.17) is 20.9 Å². The van der Waals surface area contributed by atoms with E-state index in [2.05, 4.69) is 0 Å². The van der Waals surface area contributed by atoms with Gasteiger partial charge in [0, 0.05) is 23.1 Å². The van der Waals surface area contributed by atoms with Crippen LogP contribution in [0, 0.1) is 5.92 Å². The topological polar surface area (TPSA) is 159 Å². The number of aliphatic carboxylic acids is 1. The third-order valence-electron chi connectivity index (χ3n) is 9.57. The molecule has 244 valence electrons. The van der Waals surface area contributed by atoms with Gasteiger partial charge in [-0.2, -0.15) is 0 Å². The summed E-state index contributed by atoms with van der Waals surface area (Å²) in [7, 11) is 0. The van der Waals surface area contributed by atoms with Crippen LogP contribution in [-0.2, 0) is 23.9 Å². The molecule has 2 unspecified atom stereocenters. The van der Waals surface area contributed by atoms with E-state index in [9.17, 15) is 24.3 Å². The minimum atomic E-state index is -3.15. The molecule has 0 spiro atoms. The molecule has 5 N–H and O–H groups in total. The molecule has 0 aromatic heterocycles. The molecule has 0 saturated carbocycles. The number of esters is 2. The SMILES string of the molecule is Nc1ccccc1C(=O)C(C(=O)OCC1c2ccccc2-c2ccccc21)C(N)(C(=O)O)C(=O)OCC1c2ccccc2-c2ccccc21. The average Bonchev–Trinajstić information content (AvgIpc) is 3.62. The molecule has 0 radical (unpaired) electrons. The van der Waals surface area contributed by atoms with Crippen molar-refractivity contribution in [3.05, 3.63) is 149 Å². The quantitative estimate of drug-likeness (QED) is 0.0760. The maximum atomic E-state index is 14.1. The van der Waals surface area contributed by atoms with Crippen molar-refractivity contribution in [1.82, 2.24) is 0 Å². The van der Waals surface area contributed by atoms with Crippen LogP contribution >= 0.6 is 0 Å². The number of fused-ring (bicyclic) bond motifs is 6. The second-order valence-corrected chi connectivity index (χ2v) is 12.2. The van der Waals surface area contributed by atoms with Crippen LogP contribution in [0.15, 0.2) is 121 Å². The molecule has 9 heteroatoms. The average molecular weight is 653 g/mol. The molecule has 2 aliphatic carbocycles. The summed E-state index contributed by atoms with van der Waals surface area (Å²) in [4.78, 5) is 55.1. The number of rotatable bonds is 10. The second-order valence-electron chi connectivity index (χ2n) is 12.2. The summed E-state index contributed by atoms with van der Waals surface area (Å²) in [5.41, 5.74) is 16.6. The molecular weight excluding hydrogens is 620 g/mol. The molecule has 0 fully saturated rings. The van der Waals surface area contributed by atoms with E-state index >= 15 is 0 Å². The van der Waals surface area contributed by atoms with E-state index in [0.717, 1.165) is 44.5 Å². The van der Waals surface area contributed by atoms with Crippen LogP contribution in [0.2, 0.25) is 0 Å². The normalized spacial score (nSPS) is 14.8. The minimum Gasteiger partial charge on any atom is -0.479 e. The highest BCUT2D eigenvalue weighted by Gasteiger charge is 2.59. The van der Waals surface area contributed by atoms with Crippen molar-refractivity contribution in [2.24, 2.45) is 11.7 Å². The summed E-state index contributed by atoms with van der Waals surface area (Å²) in [6, 6.07) is 36.4. The van der Waals surface area contributed by atoms with Gasteiger partial charge in [-0.05, 0) is 56.6 Å². The molecule has 9 nitrogen and oxygen atoms in total. The number of hydrogen-bond acceptors (Lipinski definition) is 8. The molecular formula is C40H32N2O7. The maximum absolute atomic E-state index is 14.1. The van der Waals surface area contributed by atoms with Crippen LogP contribution in [0.25, 0.3) is 22.3 Å². The highest BCUT2D eigenvalue weighted by Crippen LogP contribution is 2.46. The fraction of sp³-hybridized carbons (Fsp3) is 0.150. The maximum Gasteiger partial charge on any atom is 0.339 e. The van der Waals surface area contributed by atoms with Crippen LogP contribution in [0.5, 0.6) is 0 Å². The third kappa shape index (κ3) is 5.25. The number of nitrogen functional groups attached to an aromatic ring is 1. The van der Waals surface area contributed by atoms with Gasteiger partial charge in [0.15, 0.2) is 11.7 Å². The van der Waals surface area contributed by atoms with Crippen molar-refractivity contribution in [2.75, 3.05) is 18.9 Å². The van der Waals surface area contributed by atoms with E-state index in [1.807, 2.05) is 97.1 Å². The number of ketones is 1. The van der Waals surface area contributed by atoms with Crippen molar-refractivity contribution in [2.45, 2.75) is 17.4 Å². The largest absolute Gasteiger partial charge is 0.479 e. The van der Waals surface area contributed by atoms with Gasteiger partial charge in [-0.25, -0.2) is 9.59 Å². The number of hydrogen-bond donors (Lipinski definition) is 3. The first-order valence-corrected chi connectivity index (χ1v) is 15.8. The number of carbonyl (C=O) groups excluding carboxylic acids is 3. The molecule has 49 heavy (non-hydrogen) atoms. The smallest absolute Gasteiger partial charge is 0.339 e. The van der Waals surface area contributed by atoms with Crippen LogP contribution in [0.1, 0.15) is 44.4 Å². The standard InChI is InChI=1S/C40H32N2O7/c41-34-20-10-9-19-31(34)36(43)35(37(44)48-21-32-27-15-5-1-11-23(27)24-12-2-6-16-28(24)32)40(42,38(45)46)39(47)49-22-33-29-17-7-3-13-25(29)26-14-4-8-18-30(26)33/h1-20,32-33,35H,21-22,41-42H2,(H,45,46). The highest BCUT2D eigenvalue weighted by atomic mass is 16.5. The lowest BCUT2D eigenvalue weighted by atomic mass is 9.79. The molecule has 5 aromatic carbocycles. The lowest BCUT2D eigenvalue weighted by Crippen LogP contribution is -2.65. The summed E-state index contributed by atoms with van der Waals surface area (Å²) in [5, 5.41) is 10.5. The zero-order valence-corrected chi connectivity index (χ0v) is 26.2. The Hall–Kier alpha value is -6.06. The first kappa shape index (κ1) is 31.5. The Morgan fingerprint density at radius 1 is 0.612 bits per heavy atom. The minimum absolute atomic E-state index is 0.0239. The van der Waals surface area contributed by atoms with Crippen molar-refractivity contribution in [1.29, 1.82) is 0 Å². The van der Waals surface area contributed by atoms with Crippen LogP contribution in [0.3, 0.4) is 0 Å². The van der Waals surface area contributed by atoms with Crippen molar-refractivity contribution < 1.29 is 33.8 Å². The lowest BCUT2D eigenvalue weighted by molar-refractivity contribution is -0.170. The number of carboxylic acids is 1. The van der Waals surface area contributed by atoms with Gasteiger partial charge in [0.1, 0.15) is 13.2 Å². The number of anilines is 1. The number of para-hydroxylation sites is 1. The lowest BCUT2D eigenvalue weighted by Gasteiger charge is -2.30. The fourth-order valence-corrected chi connectivity index (χ4v) is 7.11. The van der Waals surface area contributed by atoms with Crippen LogP contribution in [0.4, 0.5) is 5.69 Å². The number of ether oxygens (including phenoxy) is 2. The zero-order valence-electron chi connectivity index (χ0n) is 26.2. The first-order valence-electron chi connectivity index (χ1n) is 15.8. The van der Waals surface area contributed by atoms with E-state index in [1.54, 1.807) is 6.07 Å². The van der Waals surface area contributed by atoms with Crippen LogP contribution in [-0.4, -0.2) is 47.6 Å². The van der Waals surface area contributed by atoms with Gasteiger partial charge in [0.25, 0.3) is 0 Å². The molecule has 2 aliphatic rings. The zero-order chi connectivity index (χ0) is 34.3. The van der Waals surface area contributed by atoms with Gasteiger partial charge in [-0.1, -0.05) is 109 Å². The molecule has 5 aromatic rings. The molecule has 0 aliphatic heterocycles. The summed E-state index contributed by atoms with van der Waals surface area (Å²) in [5.74, 6) is -8.89. The van der Waals surface area contributed by atoms with Crippen molar-refractivity contribution in [3.63, 3.8) is 0 Å². The Balaban J connectivity index is 1.21. The molecule has 0 bridgehead atoms. The summed E-state index contributed by atoms with van der Waals surface area (Å²) >= 11 is 0. The predicted octanol–water partition coefficient (Wildman–Crippen LogP) is 5.56. The van der Waals surface area contributed by atoms with E-state index in [1.165, 1.54) is 18.2 Å². The van der Waals surface area contributed by atoms with Gasteiger partial charge in [0.2, 0.25) is 5.54 Å². The van der Waals surface area contributed by atoms with E-state index < -0.39 is 47.0 Å². The monoisotopic (exact) mass is 652 g/mol. The van der Waals surface area contributed by atoms with Gasteiger partial charge < -0.3 is 26.0 Å². The van der Waals surface area contributed by atoms with E-state index in [-0.39, 0.29) is 24.5 Å². The van der Waals surface area contributed by atoms with Crippen molar-refractivity contribution >= 4 is 29.4 Å². The summed E-state index contributed by atoms with van der Waals surface area (Å²) < 4.78 is 11.4. The number of benzene rings is 5. The Morgan fingerprint density at radius 3 is 1.43 bits per heavy atom. The van der Waals surface area contributed by atoms with Crippen molar-refractivity contribution in [3.8, 4) is 22.3 Å². The number of carboxylic acid groups (broad SMARTS) is 1. The number of nitrogens with two attached hydrogens (primary N) is 2. The fourth-order valence-electron chi connectivity index (χ4n) is 7.11. The second kappa shape index (κ2) is 12.5. The molecule has 0 amide bonds. The van der Waals surface area contributed by atoms with Gasteiger partial charge >= 0.3 is 17.9 Å². The molecule has 7 rings (SSSR count). The first-order chi connectivity index (χ1) is 23.7. The Bertz CT molecular complexity index is 2050. The molecule has 2 atom stereocenters. The molecule has 0 heterocycles. The Kier molecular flexibility index (Phi) is 8.06. The summed E-state index contributed by atoms with van der Waals surface area (Å²) in [6.07, 6.45) is 0. The third-order valence-corrected chi connectivity index (χ3v) is 9.57. The Morgan fingerprint density at radius 2 is 1.00 bits per heavy atom.